The summed E-state index contributed by atoms with van der Waals surface area (Å²) in [7, 11) is -6.13. The van der Waals surface area contributed by atoms with Gasteiger partial charge in [-0.25, -0.2) is 17.6 Å². The van der Waals surface area contributed by atoms with Gasteiger partial charge in [-0.1, -0.05) is 17.7 Å². The van der Waals surface area contributed by atoms with Gasteiger partial charge in [-0.3, -0.25) is 4.55 Å². The van der Waals surface area contributed by atoms with Crippen LogP contribution in [0.15, 0.2) is 47.9 Å². The molecule has 0 saturated carbocycles. The fraction of sp³-hybridized carbons (Fsp3) is 0.400. The Morgan fingerprint density at radius 1 is 1.12 bits per heavy atom. The van der Waals surface area contributed by atoms with E-state index in [1.807, 2.05) is 41.8 Å². The Kier molecular flexibility index (Phi) is 7.74. The molecule has 1 N–H and O–H groups in total. The lowest BCUT2D eigenvalue weighted by atomic mass is 10.2. The van der Waals surface area contributed by atoms with Crippen LogP contribution in [0, 0.1) is 6.92 Å². The molecule has 0 unspecified atom stereocenters. The first-order chi connectivity index (χ1) is 11.5. The van der Waals surface area contributed by atoms with Crippen molar-refractivity contribution in [2.75, 3.05) is 5.75 Å². The number of hydrogen-bond acceptors (Lipinski definition) is 5. The second-order valence-electron chi connectivity index (χ2n) is 5.58. The molecule has 1 aromatic carbocycles. The molecule has 0 bridgehead atoms. The van der Waals surface area contributed by atoms with Crippen LogP contribution in [0.3, 0.4) is 0 Å². The molecule has 2 aromatic rings. The zero-order chi connectivity index (χ0) is 19.1. The monoisotopic (exact) mass is 390 g/mol. The SMILES string of the molecule is C[n+]1ccn(CCCCS(=O)(=O)O)c1.Cc1ccc(S(=O)(=O)[O-])cc1. The van der Waals surface area contributed by atoms with Crippen LogP contribution in [0.1, 0.15) is 18.4 Å². The Hall–Kier alpha value is -1.75. The Morgan fingerprint density at radius 3 is 2.16 bits per heavy atom. The summed E-state index contributed by atoms with van der Waals surface area (Å²) >= 11 is 0. The standard InChI is InChI=1S/C8H14N2O3S.C7H8O3S/c1-9-5-6-10(8-9)4-2-3-7-14(11,12)13;1-6-2-4-7(5-3-6)11(8,9)10/h5-6,8H,2-4,7H2,1H3;2-5H,1H3,(H,8,9,10). The average Bonchev–Trinajstić information content (AvgIpc) is 2.88. The van der Waals surface area contributed by atoms with E-state index < -0.39 is 20.2 Å². The van der Waals surface area contributed by atoms with Crippen LogP contribution in [-0.4, -0.2) is 36.3 Å². The molecule has 25 heavy (non-hydrogen) atoms. The predicted octanol–water partition coefficient (Wildman–Crippen LogP) is 0.880. The number of benzene rings is 1. The van der Waals surface area contributed by atoms with Gasteiger partial charge in [0.05, 0.1) is 24.2 Å². The van der Waals surface area contributed by atoms with Crippen molar-refractivity contribution in [2.45, 2.75) is 31.2 Å². The number of nitrogens with zero attached hydrogens (tertiary/aromatic N) is 2. The Bertz CT molecular complexity index is 871. The summed E-state index contributed by atoms with van der Waals surface area (Å²) in [5.74, 6) is -0.152. The summed E-state index contributed by atoms with van der Waals surface area (Å²) in [6.45, 7) is 2.59. The molecule has 8 nitrogen and oxygen atoms in total. The molecule has 0 saturated heterocycles. The van der Waals surface area contributed by atoms with Crippen LogP contribution in [0.4, 0.5) is 0 Å². The van der Waals surface area contributed by atoms with E-state index in [9.17, 15) is 21.4 Å². The van der Waals surface area contributed by atoms with E-state index in [4.69, 9.17) is 4.55 Å². The van der Waals surface area contributed by atoms with Gasteiger partial charge in [-0.15, -0.1) is 0 Å². The molecule has 140 valence electrons. The van der Waals surface area contributed by atoms with E-state index in [0.29, 0.717) is 6.42 Å². The molecule has 0 atom stereocenters. The van der Waals surface area contributed by atoms with E-state index >= 15 is 0 Å². The van der Waals surface area contributed by atoms with Crippen LogP contribution in [0.2, 0.25) is 0 Å². The lowest BCUT2D eigenvalue weighted by molar-refractivity contribution is -0.671. The highest BCUT2D eigenvalue weighted by molar-refractivity contribution is 7.86. The van der Waals surface area contributed by atoms with Crippen LogP contribution in [0.5, 0.6) is 0 Å². The predicted molar refractivity (Wildman–Crippen MR) is 90.4 cm³/mol. The molecule has 1 aromatic heterocycles. The quantitative estimate of drug-likeness (QED) is 0.444. The number of rotatable bonds is 6. The maximum atomic E-state index is 10.4. The number of unbranched alkanes of at least 4 members (excludes halogenated alkanes) is 1. The highest BCUT2D eigenvalue weighted by Crippen LogP contribution is 2.08. The van der Waals surface area contributed by atoms with E-state index in [0.717, 1.165) is 18.5 Å². The zero-order valence-electron chi connectivity index (χ0n) is 14.1. The van der Waals surface area contributed by atoms with Crippen molar-refractivity contribution in [1.82, 2.24) is 4.57 Å². The van der Waals surface area contributed by atoms with Gasteiger partial charge >= 0.3 is 0 Å². The summed E-state index contributed by atoms with van der Waals surface area (Å²) in [5, 5.41) is 0. The topological polar surface area (TPSA) is 120 Å². The summed E-state index contributed by atoms with van der Waals surface area (Å²) in [6.07, 6.45) is 7.00. The first-order valence-corrected chi connectivity index (χ1v) is 10.5. The normalized spacial score (nSPS) is 11.7. The Balaban J connectivity index is 0.000000257. The number of imidazole rings is 1. The van der Waals surface area contributed by atoms with Crippen LogP contribution in [0.25, 0.3) is 0 Å². The van der Waals surface area contributed by atoms with E-state index in [-0.39, 0.29) is 10.6 Å². The van der Waals surface area contributed by atoms with Crippen molar-refractivity contribution in [3.8, 4) is 0 Å². The number of aromatic nitrogens is 2. The van der Waals surface area contributed by atoms with E-state index in [1.54, 1.807) is 12.1 Å². The van der Waals surface area contributed by atoms with Gasteiger partial charge < -0.3 is 4.55 Å². The van der Waals surface area contributed by atoms with Crippen molar-refractivity contribution in [3.63, 3.8) is 0 Å². The van der Waals surface area contributed by atoms with Crippen LogP contribution < -0.4 is 4.57 Å². The van der Waals surface area contributed by atoms with Gasteiger partial charge in [0.2, 0.25) is 6.33 Å². The molecule has 10 heteroatoms. The minimum Gasteiger partial charge on any atom is -0.744 e. The molecule has 0 amide bonds. The van der Waals surface area contributed by atoms with Crippen LogP contribution >= 0.6 is 0 Å². The van der Waals surface area contributed by atoms with Crippen molar-refractivity contribution in [3.05, 3.63) is 48.5 Å². The average molecular weight is 390 g/mol. The zero-order valence-corrected chi connectivity index (χ0v) is 15.7. The Labute approximate surface area is 148 Å². The highest BCUT2D eigenvalue weighted by Gasteiger charge is 2.05. The van der Waals surface area contributed by atoms with Crippen molar-refractivity contribution in [1.29, 1.82) is 0 Å². The summed E-state index contributed by atoms with van der Waals surface area (Å²) < 4.78 is 64.3. The molecule has 0 aliphatic rings. The summed E-state index contributed by atoms with van der Waals surface area (Å²) in [6, 6.07) is 5.78. The van der Waals surface area contributed by atoms with E-state index in [2.05, 4.69) is 0 Å². The molecule has 1 heterocycles. The maximum Gasteiger partial charge on any atom is 0.264 e. The largest absolute Gasteiger partial charge is 0.744 e. The molecular formula is C15H22N2O6S2. The molecule has 0 radical (unpaired) electrons. The molecule has 0 spiro atoms. The second kappa shape index (κ2) is 9.09. The first kappa shape index (κ1) is 21.3. The van der Waals surface area contributed by atoms with Crippen molar-refractivity contribution >= 4 is 20.2 Å². The second-order valence-corrected chi connectivity index (χ2v) is 8.53. The minimum atomic E-state index is -4.27. The number of hydrogen-bond donors (Lipinski definition) is 1. The summed E-state index contributed by atoms with van der Waals surface area (Å²) in [5.41, 5.74) is 0.928. The summed E-state index contributed by atoms with van der Waals surface area (Å²) in [4.78, 5) is -0.178. The van der Waals surface area contributed by atoms with Gasteiger partial charge in [0, 0.05) is 0 Å². The van der Waals surface area contributed by atoms with Gasteiger partial charge in [0.1, 0.15) is 22.5 Å². The third-order valence-electron chi connectivity index (χ3n) is 3.20. The van der Waals surface area contributed by atoms with Gasteiger partial charge in [0.25, 0.3) is 10.1 Å². The number of aryl methyl sites for hydroxylation is 3. The highest BCUT2D eigenvalue weighted by atomic mass is 32.2. The molecular weight excluding hydrogens is 368 g/mol. The van der Waals surface area contributed by atoms with Gasteiger partial charge in [0.15, 0.2) is 0 Å². The third kappa shape index (κ3) is 9.34. The van der Waals surface area contributed by atoms with Crippen molar-refractivity contribution < 1.29 is 30.5 Å². The van der Waals surface area contributed by atoms with Gasteiger partial charge in [-0.05, 0) is 31.9 Å². The molecule has 0 fully saturated rings. The third-order valence-corrected chi connectivity index (χ3v) is 4.86. The molecule has 2 rings (SSSR count). The van der Waals surface area contributed by atoms with Crippen LogP contribution in [-0.2, 0) is 33.8 Å². The lowest BCUT2D eigenvalue weighted by Crippen LogP contribution is -2.23. The van der Waals surface area contributed by atoms with Gasteiger partial charge in [-0.2, -0.15) is 8.42 Å². The lowest BCUT2D eigenvalue weighted by Gasteiger charge is -2.05. The Morgan fingerprint density at radius 2 is 1.72 bits per heavy atom. The maximum absolute atomic E-state index is 10.4. The minimum absolute atomic E-state index is 0.152. The fourth-order valence-electron chi connectivity index (χ4n) is 1.92. The first-order valence-electron chi connectivity index (χ1n) is 7.46. The van der Waals surface area contributed by atoms with Crippen molar-refractivity contribution in [2.24, 2.45) is 7.05 Å². The smallest absolute Gasteiger partial charge is 0.264 e. The molecule has 0 aliphatic carbocycles. The van der Waals surface area contributed by atoms with E-state index in [1.165, 1.54) is 12.1 Å². The fourth-order valence-corrected chi connectivity index (χ4v) is 2.96. The molecule has 0 aliphatic heterocycles.